The molecule has 26 heavy (non-hydrogen) atoms. The van der Waals surface area contributed by atoms with Gasteiger partial charge in [0.05, 0.1) is 11.6 Å². The van der Waals surface area contributed by atoms with Gasteiger partial charge in [-0.2, -0.15) is 0 Å². The van der Waals surface area contributed by atoms with Gasteiger partial charge in [0.25, 0.3) is 5.91 Å². The van der Waals surface area contributed by atoms with Gasteiger partial charge in [0.1, 0.15) is 5.75 Å². The third-order valence-electron chi connectivity index (χ3n) is 4.69. The Morgan fingerprint density at radius 3 is 2.50 bits per heavy atom. The molecule has 0 unspecified atom stereocenters. The molecule has 0 fully saturated rings. The van der Waals surface area contributed by atoms with Crippen molar-refractivity contribution in [1.82, 2.24) is 5.32 Å². The molecule has 3 rings (SSSR count). The number of aromatic hydroxyl groups is 1. The lowest BCUT2D eigenvalue weighted by Crippen LogP contribution is -2.31. The average molecular weight is 353 g/mol. The number of hydrogen-bond acceptors (Lipinski definition) is 4. The normalized spacial score (nSPS) is 14.2. The van der Waals surface area contributed by atoms with Gasteiger partial charge in [0, 0.05) is 0 Å². The van der Waals surface area contributed by atoms with Gasteiger partial charge in [0.15, 0.2) is 6.61 Å². The lowest BCUT2D eigenvalue weighted by molar-refractivity contribution is -0.124. The number of carbonyl (C=O) groups excluding carboxylic acids is 2. The van der Waals surface area contributed by atoms with Gasteiger partial charge < -0.3 is 15.2 Å². The fourth-order valence-electron chi connectivity index (χ4n) is 3.20. The lowest BCUT2D eigenvalue weighted by atomic mass is 9.89. The number of nitrogens with one attached hydrogen (secondary N) is 1. The maximum Gasteiger partial charge on any atom is 0.338 e. The van der Waals surface area contributed by atoms with Crippen LogP contribution in [-0.2, 0) is 22.4 Å². The maximum absolute atomic E-state index is 12.1. The number of carbonyl (C=O) groups is 2. The van der Waals surface area contributed by atoms with E-state index in [0.29, 0.717) is 5.56 Å². The molecule has 0 saturated heterocycles. The van der Waals surface area contributed by atoms with Crippen molar-refractivity contribution >= 4 is 11.9 Å². The Kier molecular flexibility index (Phi) is 5.56. The second-order valence-corrected chi connectivity index (χ2v) is 6.65. The summed E-state index contributed by atoms with van der Waals surface area (Å²) < 4.78 is 5.02. The maximum atomic E-state index is 12.1. The number of rotatable bonds is 5. The number of amides is 1. The van der Waals surface area contributed by atoms with Crippen molar-refractivity contribution in [3.63, 3.8) is 0 Å². The van der Waals surface area contributed by atoms with Crippen LogP contribution in [0.1, 0.15) is 52.9 Å². The first-order valence-corrected chi connectivity index (χ1v) is 8.90. The molecule has 0 aliphatic heterocycles. The summed E-state index contributed by atoms with van der Waals surface area (Å²) in [5, 5.41) is 12.1. The molecule has 1 aliphatic carbocycles. The van der Waals surface area contributed by atoms with Crippen molar-refractivity contribution in [1.29, 1.82) is 0 Å². The van der Waals surface area contributed by atoms with Crippen molar-refractivity contribution in [3.8, 4) is 5.75 Å². The average Bonchev–Trinajstić information content (AvgIpc) is 2.66. The molecule has 2 aromatic carbocycles. The van der Waals surface area contributed by atoms with Crippen LogP contribution in [0.2, 0.25) is 0 Å². The summed E-state index contributed by atoms with van der Waals surface area (Å²) in [4.78, 5) is 24.0. The Morgan fingerprint density at radius 2 is 1.77 bits per heavy atom. The Balaban J connectivity index is 1.52. The van der Waals surface area contributed by atoms with Crippen molar-refractivity contribution in [3.05, 3.63) is 64.7 Å². The number of ether oxygens (including phenoxy) is 1. The molecule has 5 nitrogen and oxygen atoms in total. The van der Waals surface area contributed by atoms with Crippen molar-refractivity contribution in [2.75, 3.05) is 6.61 Å². The molecule has 0 spiro atoms. The quantitative estimate of drug-likeness (QED) is 0.809. The van der Waals surface area contributed by atoms with Crippen molar-refractivity contribution in [2.45, 2.75) is 38.6 Å². The summed E-state index contributed by atoms with van der Waals surface area (Å²) in [6.45, 7) is 1.58. The number of phenolic OH excluding ortho intramolecular Hbond substituents is 1. The van der Waals surface area contributed by atoms with E-state index in [9.17, 15) is 14.7 Å². The molecule has 2 aromatic rings. The number of hydrogen-bond donors (Lipinski definition) is 2. The van der Waals surface area contributed by atoms with Crippen molar-refractivity contribution < 1.29 is 19.4 Å². The molecule has 1 amide bonds. The van der Waals surface area contributed by atoms with Gasteiger partial charge in [-0.1, -0.05) is 18.2 Å². The highest BCUT2D eigenvalue weighted by Gasteiger charge is 2.15. The molecule has 0 heterocycles. The Labute approximate surface area is 153 Å². The van der Waals surface area contributed by atoms with Crippen LogP contribution >= 0.6 is 0 Å². The highest BCUT2D eigenvalue weighted by molar-refractivity contribution is 5.91. The van der Waals surface area contributed by atoms with Gasteiger partial charge in [-0.15, -0.1) is 0 Å². The van der Waals surface area contributed by atoms with E-state index >= 15 is 0 Å². The van der Waals surface area contributed by atoms with E-state index in [0.717, 1.165) is 18.4 Å². The largest absolute Gasteiger partial charge is 0.508 e. The predicted molar refractivity (Wildman–Crippen MR) is 98.0 cm³/mol. The first kappa shape index (κ1) is 18.0. The number of esters is 1. The number of phenols is 1. The van der Waals surface area contributed by atoms with Crippen LogP contribution in [0.4, 0.5) is 0 Å². The number of fused-ring (bicyclic) bond motifs is 1. The number of benzene rings is 2. The van der Waals surface area contributed by atoms with Gasteiger partial charge >= 0.3 is 5.97 Å². The van der Waals surface area contributed by atoms with Gasteiger partial charge in [-0.25, -0.2) is 4.79 Å². The van der Waals surface area contributed by atoms with Crippen LogP contribution in [0.5, 0.6) is 5.75 Å². The fraction of sp³-hybridized carbons (Fsp3) is 0.333. The third-order valence-corrected chi connectivity index (χ3v) is 4.69. The minimum absolute atomic E-state index is 0.0677. The van der Waals surface area contributed by atoms with E-state index in [2.05, 4.69) is 23.5 Å². The molecular formula is C21H23NO4. The standard InChI is InChI=1S/C21H23NO4/c1-14(17-7-6-15-4-2-3-5-18(15)12-17)22-20(24)13-26-21(25)16-8-10-19(23)11-9-16/h6-12,14,23H,2-5,13H2,1H3,(H,22,24)/t14-/m0/s1. The minimum Gasteiger partial charge on any atom is -0.508 e. The lowest BCUT2D eigenvalue weighted by Gasteiger charge is -2.20. The summed E-state index contributed by atoms with van der Waals surface area (Å²) in [5.74, 6) is -0.873. The van der Waals surface area contributed by atoms with Gasteiger partial charge in [-0.05, 0) is 73.6 Å². The zero-order chi connectivity index (χ0) is 18.5. The molecule has 1 atom stereocenters. The Hall–Kier alpha value is -2.82. The van der Waals surface area contributed by atoms with E-state index < -0.39 is 5.97 Å². The number of aryl methyl sites for hydroxylation is 2. The van der Waals surface area contributed by atoms with Crippen LogP contribution in [0.15, 0.2) is 42.5 Å². The first-order chi connectivity index (χ1) is 12.5. The van der Waals surface area contributed by atoms with E-state index in [1.165, 1.54) is 48.2 Å². The monoisotopic (exact) mass is 353 g/mol. The van der Waals surface area contributed by atoms with E-state index in [-0.39, 0.29) is 24.3 Å². The summed E-state index contributed by atoms with van der Waals surface area (Å²) in [7, 11) is 0. The summed E-state index contributed by atoms with van der Waals surface area (Å²) in [6.07, 6.45) is 4.67. The Bertz CT molecular complexity index is 798. The van der Waals surface area contributed by atoms with Crippen molar-refractivity contribution in [2.24, 2.45) is 0 Å². The van der Waals surface area contributed by atoms with E-state index in [4.69, 9.17) is 4.74 Å². The smallest absolute Gasteiger partial charge is 0.338 e. The molecule has 0 radical (unpaired) electrons. The topological polar surface area (TPSA) is 75.6 Å². The highest BCUT2D eigenvalue weighted by Crippen LogP contribution is 2.24. The molecule has 0 bridgehead atoms. The molecular weight excluding hydrogens is 330 g/mol. The molecule has 2 N–H and O–H groups in total. The zero-order valence-corrected chi connectivity index (χ0v) is 14.8. The molecule has 0 saturated carbocycles. The minimum atomic E-state index is -0.596. The Morgan fingerprint density at radius 1 is 1.08 bits per heavy atom. The molecule has 136 valence electrons. The second-order valence-electron chi connectivity index (χ2n) is 6.65. The third kappa shape index (κ3) is 4.42. The van der Waals surface area contributed by atoms with Gasteiger partial charge in [-0.3, -0.25) is 4.79 Å². The fourth-order valence-corrected chi connectivity index (χ4v) is 3.20. The van der Waals surface area contributed by atoms with Crippen LogP contribution in [0.25, 0.3) is 0 Å². The second kappa shape index (κ2) is 8.04. The predicted octanol–water partition coefficient (Wildman–Crippen LogP) is 3.31. The molecule has 5 heteroatoms. The van der Waals surface area contributed by atoms with E-state index in [1.807, 2.05) is 6.92 Å². The van der Waals surface area contributed by atoms with Crippen LogP contribution < -0.4 is 5.32 Å². The summed E-state index contributed by atoms with van der Waals surface area (Å²) >= 11 is 0. The first-order valence-electron chi connectivity index (χ1n) is 8.90. The van der Waals surface area contributed by atoms with E-state index in [1.54, 1.807) is 0 Å². The van der Waals surface area contributed by atoms with Crippen LogP contribution in [-0.4, -0.2) is 23.6 Å². The zero-order valence-electron chi connectivity index (χ0n) is 14.8. The van der Waals surface area contributed by atoms with Crippen LogP contribution in [0, 0.1) is 0 Å². The SMILES string of the molecule is C[C@H](NC(=O)COC(=O)c1ccc(O)cc1)c1ccc2c(c1)CCCC2. The van der Waals surface area contributed by atoms with Crippen LogP contribution in [0.3, 0.4) is 0 Å². The molecule has 0 aromatic heterocycles. The molecule has 1 aliphatic rings. The highest BCUT2D eigenvalue weighted by atomic mass is 16.5. The summed E-state index contributed by atoms with van der Waals surface area (Å²) in [5.41, 5.74) is 4.12. The van der Waals surface area contributed by atoms with Gasteiger partial charge in [0.2, 0.25) is 0 Å². The summed E-state index contributed by atoms with van der Waals surface area (Å²) in [6, 6.07) is 11.9.